The molecule has 0 aliphatic heterocycles. The maximum atomic E-state index is 5.82. The Bertz CT molecular complexity index is 449. The van der Waals surface area contributed by atoms with Crippen LogP contribution in [-0.4, -0.2) is 16.2 Å². The molecule has 1 aromatic heterocycles. The van der Waals surface area contributed by atoms with E-state index in [1.54, 1.807) is 12.5 Å². The lowest BCUT2D eigenvalue weighted by Crippen LogP contribution is -2.07. The number of aromatic nitrogens is 2. The fraction of sp³-hybridized carbons (Fsp3) is 0.357. The average molecular weight is 230 g/mol. The number of hydrogen-bond acceptors (Lipinski definition) is 2. The van der Waals surface area contributed by atoms with Crippen molar-refractivity contribution < 1.29 is 4.74 Å². The Morgan fingerprint density at radius 3 is 2.82 bits per heavy atom. The summed E-state index contributed by atoms with van der Waals surface area (Å²) in [5.74, 6) is 1.47. The first kappa shape index (κ1) is 11.7. The second kappa shape index (κ2) is 5.53. The van der Waals surface area contributed by atoms with Gasteiger partial charge in [0.2, 0.25) is 0 Å². The molecule has 0 aliphatic carbocycles. The van der Waals surface area contributed by atoms with Crippen molar-refractivity contribution in [2.24, 2.45) is 0 Å². The smallest absolute Gasteiger partial charge is 0.122 e. The second-order valence-electron chi connectivity index (χ2n) is 4.34. The predicted octanol–water partition coefficient (Wildman–Crippen LogP) is 3.09. The summed E-state index contributed by atoms with van der Waals surface area (Å²) in [6, 6.07) is 8.22. The van der Waals surface area contributed by atoms with Gasteiger partial charge >= 0.3 is 0 Å². The van der Waals surface area contributed by atoms with Crippen LogP contribution >= 0.6 is 0 Å². The van der Waals surface area contributed by atoms with Crippen LogP contribution in [0.2, 0.25) is 0 Å². The van der Waals surface area contributed by atoms with Gasteiger partial charge in [-0.1, -0.05) is 32.0 Å². The zero-order chi connectivity index (χ0) is 12.1. The van der Waals surface area contributed by atoms with E-state index in [-0.39, 0.29) is 0 Å². The van der Waals surface area contributed by atoms with Crippen LogP contribution in [0.4, 0.5) is 0 Å². The first-order valence-corrected chi connectivity index (χ1v) is 5.95. The van der Waals surface area contributed by atoms with Crippen molar-refractivity contribution in [2.75, 3.05) is 6.61 Å². The number of hydrogen-bond donors (Lipinski definition) is 0. The molecule has 0 spiro atoms. The molecule has 1 aromatic carbocycles. The number of ether oxygens (including phenoxy) is 1. The van der Waals surface area contributed by atoms with E-state index in [0.717, 1.165) is 12.3 Å². The van der Waals surface area contributed by atoms with Gasteiger partial charge in [-0.3, -0.25) is 0 Å². The highest BCUT2D eigenvalue weighted by atomic mass is 16.5. The molecule has 1 heterocycles. The van der Waals surface area contributed by atoms with Gasteiger partial charge in [0.25, 0.3) is 0 Å². The van der Waals surface area contributed by atoms with E-state index in [9.17, 15) is 0 Å². The first-order valence-electron chi connectivity index (χ1n) is 5.95. The number of nitrogens with zero attached hydrogens (tertiary/aromatic N) is 2. The van der Waals surface area contributed by atoms with Crippen molar-refractivity contribution in [2.45, 2.75) is 26.3 Å². The Labute approximate surface area is 102 Å². The van der Waals surface area contributed by atoms with Crippen molar-refractivity contribution in [3.63, 3.8) is 0 Å². The van der Waals surface area contributed by atoms with Gasteiger partial charge < -0.3 is 9.30 Å². The molecule has 2 aromatic rings. The van der Waals surface area contributed by atoms with Gasteiger partial charge in [0, 0.05) is 12.4 Å². The van der Waals surface area contributed by atoms with Crippen molar-refractivity contribution in [1.29, 1.82) is 0 Å². The molecule has 0 unspecified atom stereocenters. The molecule has 0 saturated heterocycles. The maximum Gasteiger partial charge on any atom is 0.122 e. The van der Waals surface area contributed by atoms with E-state index in [4.69, 9.17) is 4.74 Å². The lowest BCUT2D eigenvalue weighted by Gasteiger charge is -2.13. The Morgan fingerprint density at radius 2 is 2.12 bits per heavy atom. The fourth-order valence-corrected chi connectivity index (χ4v) is 1.77. The molecule has 0 amide bonds. The van der Waals surface area contributed by atoms with Gasteiger partial charge in [0.05, 0.1) is 12.9 Å². The molecular formula is C14H18N2O. The molecule has 2 rings (SSSR count). The van der Waals surface area contributed by atoms with Crippen LogP contribution in [0.15, 0.2) is 43.0 Å². The lowest BCUT2D eigenvalue weighted by molar-refractivity contribution is 0.294. The summed E-state index contributed by atoms with van der Waals surface area (Å²) >= 11 is 0. The van der Waals surface area contributed by atoms with Crippen LogP contribution in [0.1, 0.15) is 25.3 Å². The summed E-state index contributed by atoms with van der Waals surface area (Å²) in [4.78, 5) is 4.00. The molecule has 3 heteroatoms. The highest BCUT2D eigenvalue weighted by Gasteiger charge is 2.06. The maximum absolute atomic E-state index is 5.82. The first-order chi connectivity index (χ1) is 8.27. The number of para-hydroxylation sites is 1. The van der Waals surface area contributed by atoms with Crippen LogP contribution < -0.4 is 4.74 Å². The second-order valence-corrected chi connectivity index (χ2v) is 4.34. The normalized spacial score (nSPS) is 10.8. The van der Waals surface area contributed by atoms with E-state index in [0.29, 0.717) is 12.5 Å². The van der Waals surface area contributed by atoms with Crippen LogP contribution in [0.3, 0.4) is 0 Å². The third-order valence-electron chi connectivity index (χ3n) is 2.71. The monoisotopic (exact) mass is 230 g/mol. The molecular weight excluding hydrogens is 212 g/mol. The summed E-state index contributed by atoms with van der Waals surface area (Å²) < 4.78 is 7.84. The SMILES string of the molecule is CC(C)c1ccccc1OCCn1ccnc1. The van der Waals surface area contributed by atoms with Crippen molar-refractivity contribution >= 4 is 0 Å². The van der Waals surface area contributed by atoms with Gasteiger partial charge in [-0.15, -0.1) is 0 Å². The molecule has 0 bridgehead atoms. The minimum Gasteiger partial charge on any atom is -0.491 e. The van der Waals surface area contributed by atoms with E-state index in [2.05, 4.69) is 31.0 Å². The molecule has 90 valence electrons. The van der Waals surface area contributed by atoms with Gasteiger partial charge in [-0.25, -0.2) is 4.98 Å². The fourth-order valence-electron chi connectivity index (χ4n) is 1.77. The minimum atomic E-state index is 0.486. The molecule has 3 nitrogen and oxygen atoms in total. The highest BCUT2D eigenvalue weighted by molar-refractivity contribution is 5.35. The molecule has 0 atom stereocenters. The number of imidazole rings is 1. The zero-order valence-electron chi connectivity index (χ0n) is 10.3. The van der Waals surface area contributed by atoms with Crippen LogP contribution in [0.25, 0.3) is 0 Å². The average Bonchev–Trinajstić information content (AvgIpc) is 2.82. The van der Waals surface area contributed by atoms with Crippen molar-refractivity contribution in [1.82, 2.24) is 9.55 Å². The largest absolute Gasteiger partial charge is 0.491 e. The van der Waals surface area contributed by atoms with E-state index in [1.165, 1.54) is 5.56 Å². The van der Waals surface area contributed by atoms with Gasteiger partial charge in [0.15, 0.2) is 0 Å². The topological polar surface area (TPSA) is 27.1 Å². The Morgan fingerprint density at radius 1 is 1.29 bits per heavy atom. The molecule has 0 radical (unpaired) electrons. The Kier molecular flexibility index (Phi) is 3.81. The molecule has 0 aliphatic rings. The van der Waals surface area contributed by atoms with E-state index >= 15 is 0 Å². The predicted molar refractivity (Wildman–Crippen MR) is 68.3 cm³/mol. The van der Waals surface area contributed by atoms with Gasteiger partial charge in [-0.2, -0.15) is 0 Å². The summed E-state index contributed by atoms with van der Waals surface area (Å²) in [6.45, 7) is 5.85. The molecule has 0 saturated carbocycles. The molecule has 17 heavy (non-hydrogen) atoms. The summed E-state index contributed by atoms with van der Waals surface area (Å²) in [5.41, 5.74) is 1.26. The quantitative estimate of drug-likeness (QED) is 0.789. The lowest BCUT2D eigenvalue weighted by atomic mass is 10.0. The highest BCUT2D eigenvalue weighted by Crippen LogP contribution is 2.25. The summed E-state index contributed by atoms with van der Waals surface area (Å²) in [6.07, 6.45) is 5.53. The summed E-state index contributed by atoms with van der Waals surface area (Å²) in [5, 5.41) is 0. The number of benzene rings is 1. The minimum absolute atomic E-state index is 0.486. The Hall–Kier alpha value is -1.77. The van der Waals surface area contributed by atoms with E-state index < -0.39 is 0 Å². The van der Waals surface area contributed by atoms with Crippen LogP contribution in [-0.2, 0) is 6.54 Å². The van der Waals surface area contributed by atoms with Crippen molar-refractivity contribution in [3.8, 4) is 5.75 Å². The van der Waals surface area contributed by atoms with E-state index in [1.807, 2.05) is 22.9 Å². The number of rotatable bonds is 5. The van der Waals surface area contributed by atoms with Gasteiger partial charge in [0.1, 0.15) is 12.4 Å². The third-order valence-corrected chi connectivity index (χ3v) is 2.71. The third kappa shape index (κ3) is 3.09. The standard InChI is InChI=1S/C14H18N2O/c1-12(2)13-5-3-4-6-14(13)17-10-9-16-8-7-15-11-16/h3-8,11-12H,9-10H2,1-2H3. The van der Waals surface area contributed by atoms with Gasteiger partial charge in [-0.05, 0) is 17.5 Å². The van der Waals surface area contributed by atoms with Crippen LogP contribution in [0, 0.1) is 0 Å². The van der Waals surface area contributed by atoms with Crippen LogP contribution in [0.5, 0.6) is 5.75 Å². The molecule has 0 N–H and O–H groups in total. The molecule has 0 fully saturated rings. The Balaban J connectivity index is 1.94. The zero-order valence-corrected chi connectivity index (χ0v) is 10.3. The van der Waals surface area contributed by atoms with Crippen molar-refractivity contribution in [3.05, 3.63) is 48.5 Å². The summed E-state index contributed by atoms with van der Waals surface area (Å²) in [7, 11) is 0.